The first-order chi connectivity index (χ1) is 15.4. The zero-order valence-electron chi connectivity index (χ0n) is 19.1. The number of methoxy groups -OCH3 is 1. The van der Waals surface area contributed by atoms with Crippen LogP contribution in [-0.2, 0) is 4.79 Å². The van der Waals surface area contributed by atoms with Gasteiger partial charge < -0.3 is 24.8 Å². The van der Waals surface area contributed by atoms with Crippen LogP contribution < -0.4 is 10.5 Å². The van der Waals surface area contributed by atoms with Gasteiger partial charge in [-0.05, 0) is 44.6 Å². The van der Waals surface area contributed by atoms with Crippen LogP contribution in [0.1, 0.15) is 18.0 Å². The zero-order chi connectivity index (χ0) is 22.8. The van der Waals surface area contributed by atoms with Gasteiger partial charge in [0.05, 0.1) is 18.5 Å². The lowest BCUT2D eigenvalue weighted by Gasteiger charge is -2.16. The number of anilines is 1. The average Bonchev–Trinajstić information content (AvgIpc) is 3.39. The number of ether oxygens (including phenoxy) is 1. The molecule has 1 aromatic carbocycles. The van der Waals surface area contributed by atoms with E-state index in [4.69, 9.17) is 10.5 Å². The number of amides is 1. The van der Waals surface area contributed by atoms with Crippen molar-refractivity contribution < 1.29 is 9.53 Å². The Morgan fingerprint density at radius 3 is 2.91 bits per heavy atom. The third-order valence-electron chi connectivity index (χ3n) is 5.96. The van der Waals surface area contributed by atoms with E-state index in [0.29, 0.717) is 18.9 Å². The molecule has 0 saturated carbocycles. The fourth-order valence-electron chi connectivity index (χ4n) is 4.23. The molecule has 4 rings (SSSR count). The Kier molecular flexibility index (Phi) is 6.14. The van der Waals surface area contributed by atoms with E-state index in [1.54, 1.807) is 13.2 Å². The molecule has 0 bridgehead atoms. The van der Waals surface area contributed by atoms with Crippen LogP contribution in [-0.4, -0.2) is 71.1 Å². The van der Waals surface area contributed by atoms with Gasteiger partial charge in [-0.1, -0.05) is 18.2 Å². The summed E-state index contributed by atoms with van der Waals surface area (Å²) in [6.45, 7) is 4.10. The molecule has 0 radical (unpaired) electrons. The van der Waals surface area contributed by atoms with Gasteiger partial charge in [-0.15, -0.1) is 0 Å². The van der Waals surface area contributed by atoms with Gasteiger partial charge in [0.2, 0.25) is 5.91 Å². The van der Waals surface area contributed by atoms with Crippen molar-refractivity contribution in [3.8, 4) is 16.9 Å². The quantitative estimate of drug-likeness (QED) is 0.600. The molecule has 0 unspecified atom stereocenters. The molecule has 1 amide bonds. The van der Waals surface area contributed by atoms with Gasteiger partial charge in [0.1, 0.15) is 23.5 Å². The molecular weight excluding hydrogens is 404 g/mol. The Bertz CT molecular complexity index is 1170. The molecule has 2 aromatic heterocycles. The van der Waals surface area contributed by atoms with Gasteiger partial charge in [-0.25, -0.2) is 9.97 Å². The molecule has 1 saturated heterocycles. The Morgan fingerprint density at radius 2 is 2.16 bits per heavy atom. The number of hydrogen-bond donors (Lipinski definition) is 1. The van der Waals surface area contributed by atoms with E-state index in [-0.39, 0.29) is 11.9 Å². The number of aromatic nitrogens is 3. The van der Waals surface area contributed by atoms with Crippen LogP contribution in [0, 0.1) is 6.92 Å². The number of fused-ring (bicyclic) bond motifs is 1. The first-order valence-corrected chi connectivity index (χ1v) is 10.7. The monoisotopic (exact) mass is 434 g/mol. The molecule has 3 aromatic rings. The number of rotatable bonds is 6. The number of nitrogens with zero attached hydrogens (tertiary/aromatic N) is 5. The summed E-state index contributed by atoms with van der Waals surface area (Å²) in [6.07, 6.45) is 8.01. The molecule has 168 valence electrons. The topological polar surface area (TPSA) is 89.5 Å². The molecule has 0 spiro atoms. The molecule has 8 nitrogen and oxygen atoms in total. The molecule has 1 aliphatic heterocycles. The van der Waals surface area contributed by atoms with Crippen LogP contribution in [0.15, 0.2) is 42.9 Å². The second-order valence-electron chi connectivity index (χ2n) is 8.48. The highest BCUT2D eigenvalue weighted by Gasteiger charge is 2.29. The zero-order valence-corrected chi connectivity index (χ0v) is 19.1. The number of hydrogen-bond acceptors (Lipinski definition) is 6. The number of aryl methyl sites for hydroxylation is 1. The lowest BCUT2D eigenvalue weighted by Crippen LogP contribution is -2.27. The summed E-state index contributed by atoms with van der Waals surface area (Å²) in [5.74, 6) is 1.31. The number of likely N-dealkylation sites (N-methyl/N-ethyl adjacent to an activating group) is 1. The molecule has 2 N–H and O–H groups in total. The Labute approximate surface area is 188 Å². The van der Waals surface area contributed by atoms with Crippen molar-refractivity contribution in [1.82, 2.24) is 24.3 Å². The predicted molar refractivity (Wildman–Crippen MR) is 127 cm³/mol. The van der Waals surface area contributed by atoms with Crippen molar-refractivity contribution in [3.05, 3.63) is 48.4 Å². The summed E-state index contributed by atoms with van der Waals surface area (Å²) in [6, 6.07) is 6.23. The smallest absolute Gasteiger partial charge is 0.246 e. The van der Waals surface area contributed by atoms with Crippen LogP contribution in [0.3, 0.4) is 0 Å². The maximum absolute atomic E-state index is 12.6. The maximum atomic E-state index is 12.6. The number of carbonyl (C=O) groups excluding carboxylic acids is 1. The average molecular weight is 435 g/mol. The maximum Gasteiger partial charge on any atom is 0.246 e. The number of nitrogen functional groups attached to an aromatic ring is 1. The van der Waals surface area contributed by atoms with Gasteiger partial charge in [0.25, 0.3) is 0 Å². The van der Waals surface area contributed by atoms with E-state index in [1.165, 1.54) is 6.33 Å². The van der Waals surface area contributed by atoms with Crippen molar-refractivity contribution >= 4 is 22.8 Å². The highest BCUT2D eigenvalue weighted by atomic mass is 16.5. The van der Waals surface area contributed by atoms with E-state index in [2.05, 4.69) is 26.8 Å². The molecule has 1 atom stereocenters. The summed E-state index contributed by atoms with van der Waals surface area (Å²) in [4.78, 5) is 25.3. The summed E-state index contributed by atoms with van der Waals surface area (Å²) in [7, 11) is 5.63. The molecule has 3 heterocycles. The second kappa shape index (κ2) is 9.00. The third-order valence-corrected chi connectivity index (χ3v) is 5.96. The fourth-order valence-corrected chi connectivity index (χ4v) is 4.23. The largest absolute Gasteiger partial charge is 0.496 e. The summed E-state index contributed by atoms with van der Waals surface area (Å²) < 4.78 is 7.67. The number of likely N-dealkylation sites (tertiary alicyclic amines) is 1. The highest BCUT2D eigenvalue weighted by molar-refractivity contribution is 6.01. The number of benzene rings is 1. The van der Waals surface area contributed by atoms with Crippen LogP contribution >= 0.6 is 0 Å². The van der Waals surface area contributed by atoms with Crippen LogP contribution in [0.4, 0.5) is 5.82 Å². The van der Waals surface area contributed by atoms with E-state index < -0.39 is 0 Å². The van der Waals surface area contributed by atoms with E-state index >= 15 is 0 Å². The van der Waals surface area contributed by atoms with Crippen molar-refractivity contribution in [2.24, 2.45) is 0 Å². The minimum atomic E-state index is 0.0449. The Hall–Kier alpha value is -3.39. The normalized spacial score (nSPS) is 16.5. The van der Waals surface area contributed by atoms with Crippen LogP contribution in [0.2, 0.25) is 0 Å². The van der Waals surface area contributed by atoms with E-state index in [1.807, 2.05) is 49.0 Å². The van der Waals surface area contributed by atoms with Crippen molar-refractivity contribution in [3.63, 3.8) is 0 Å². The minimum Gasteiger partial charge on any atom is -0.496 e. The molecule has 1 aliphatic rings. The Balaban J connectivity index is 1.67. The SMILES string of the molecule is COc1cc(-c2cn([C@@H]3CCN(C(=O)/C=C/CN(C)C)C3)c3ncnc(N)c23)ccc1C. The van der Waals surface area contributed by atoms with Gasteiger partial charge in [-0.2, -0.15) is 0 Å². The molecule has 8 heteroatoms. The van der Waals surface area contributed by atoms with Crippen molar-refractivity contribution in [1.29, 1.82) is 0 Å². The minimum absolute atomic E-state index is 0.0449. The van der Waals surface area contributed by atoms with E-state index in [9.17, 15) is 4.79 Å². The lowest BCUT2D eigenvalue weighted by atomic mass is 10.0. The number of nitrogens with two attached hydrogens (primary N) is 1. The van der Waals surface area contributed by atoms with Gasteiger partial charge in [-0.3, -0.25) is 4.79 Å². The number of carbonyl (C=O) groups is 1. The second-order valence-corrected chi connectivity index (χ2v) is 8.48. The fraction of sp³-hybridized carbons (Fsp3) is 0.375. The standard InChI is InChI=1S/C24H30N6O2/c1-16-7-8-17(12-20(16)32-4)19-14-30(24-22(19)23(25)26-15-27-24)18-9-11-29(13-18)21(31)6-5-10-28(2)3/h5-8,12,14-15,18H,9-11,13H2,1-4H3,(H2,25,26,27)/b6-5+/t18-/m1/s1. The molecule has 1 fully saturated rings. The van der Waals surface area contributed by atoms with Gasteiger partial charge in [0, 0.05) is 37.5 Å². The summed E-state index contributed by atoms with van der Waals surface area (Å²) >= 11 is 0. The molecule has 0 aliphatic carbocycles. The lowest BCUT2D eigenvalue weighted by molar-refractivity contribution is -0.125. The van der Waals surface area contributed by atoms with E-state index in [0.717, 1.165) is 46.4 Å². The van der Waals surface area contributed by atoms with Crippen molar-refractivity contribution in [2.45, 2.75) is 19.4 Å². The van der Waals surface area contributed by atoms with Crippen molar-refractivity contribution in [2.75, 3.05) is 46.6 Å². The summed E-state index contributed by atoms with van der Waals surface area (Å²) in [5.41, 5.74) is 10.1. The summed E-state index contributed by atoms with van der Waals surface area (Å²) in [5, 5.41) is 0.828. The first kappa shape index (κ1) is 21.8. The Morgan fingerprint density at radius 1 is 1.34 bits per heavy atom. The predicted octanol–water partition coefficient (Wildman–Crippen LogP) is 2.89. The molecular formula is C24H30N6O2. The van der Waals surface area contributed by atoms with Crippen LogP contribution in [0.25, 0.3) is 22.2 Å². The third kappa shape index (κ3) is 4.18. The van der Waals surface area contributed by atoms with Gasteiger partial charge >= 0.3 is 0 Å². The van der Waals surface area contributed by atoms with Crippen LogP contribution in [0.5, 0.6) is 5.75 Å². The first-order valence-electron chi connectivity index (χ1n) is 10.7. The van der Waals surface area contributed by atoms with Gasteiger partial charge in [0.15, 0.2) is 0 Å². The highest BCUT2D eigenvalue weighted by Crippen LogP contribution is 2.37. The molecule has 32 heavy (non-hydrogen) atoms.